The summed E-state index contributed by atoms with van der Waals surface area (Å²) in [6, 6.07) is 14.1. The van der Waals surface area contributed by atoms with Crippen molar-refractivity contribution in [3.05, 3.63) is 54.1 Å². The second-order valence-corrected chi connectivity index (χ2v) is 5.97. The van der Waals surface area contributed by atoms with Gasteiger partial charge in [-0.2, -0.15) is 0 Å². The van der Waals surface area contributed by atoms with E-state index in [1.54, 1.807) is 41.3 Å². The van der Waals surface area contributed by atoms with E-state index in [2.05, 4.69) is 10.6 Å². The molecule has 0 saturated carbocycles. The van der Waals surface area contributed by atoms with Crippen LogP contribution < -0.4 is 15.5 Å². The van der Waals surface area contributed by atoms with Gasteiger partial charge in [-0.25, -0.2) is 0 Å². The van der Waals surface area contributed by atoms with Crippen LogP contribution >= 0.6 is 0 Å². The van der Waals surface area contributed by atoms with Gasteiger partial charge in [0.15, 0.2) is 0 Å². The van der Waals surface area contributed by atoms with Gasteiger partial charge < -0.3 is 15.5 Å². The van der Waals surface area contributed by atoms with Gasteiger partial charge in [0.05, 0.1) is 0 Å². The summed E-state index contributed by atoms with van der Waals surface area (Å²) in [6.07, 6.45) is 1.42. The summed E-state index contributed by atoms with van der Waals surface area (Å²) in [5.41, 5.74) is 2.93. The Morgan fingerprint density at radius 3 is 1.88 bits per heavy atom. The minimum Gasteiger partial charge on any atom is -0.318 e. The fourth-order valence-electron chi connectivity index (χ4n) is 2.66. The zero-order chi connectivity index (χ0) is 17.8. The van der Waals surface area contributed by atoms with Crippen molar-refractivity contribution in [2.24, 2.45) is 0 Å². The minimum atomic E-state index is -0.745. The number of anilines is 3. The molecule has 0 aliphatic carbocycles. The van der Waals surface area contributed by atoms with Crippen LogP contribution in [0.3, 0.4) is 0 Å². The third-order valence-corrected chi connectivity index (χ3v) is 4.03. The Kier molecular flexibility index (Phi) is 4.79. The predicted octanol–water partition coefficient (Wildman–Crippen LogP) is 2.70. The number of aryl methyl sites for hydroxylation is 1. The molecule has 0 spiro atoms. The molecule has 6 nitrogen and oxygen atoms in total. The van der Waals surface area contributed by atoms with Crippen molar-refractivity contribution >= 4 is 34.8 Å². The van der Waals surface area contributed by atoms with E-state index in [1.165, 1.54) is 0 Å². The third-order valence-electron chi connectivity index (χ3n) is 4.03. The van der Waals surface area contributed by atoms with Gasteiger partial charge in [0, 0.05) is 30.0 Å². The second kappa shape index (κ2) is 7.17. The highest BCUT2D eigenvalue weighted by molar-refractivity contribution is 6.43. The molecule has 1 saturated heterocycles. The lowest BCUT2D eigenvalue weighted by atomic mass is 10.2. The average Bonchev–Trinajstić information content (AvgIpc) is 3.03. The molecule has 3 amide bonds. The first-order valence-corrected chi connectivity index (χ1v) is 8.12. The molecular weight excluding hydrogens is 318 g/mol. The van der Waals surface area contributed by atoms with Crippen molar-refractivity contribution in [1.82, 2.24) is 0 Å². The van der Waals surface area contributed by atoms with Gasteiger partial charge in [0.25, 0.3) is 0 Å². The van der Waals surface area contributed by atoms with Crippen molar-refractivity contribution in [2.75, 3.05) is 22.1 Å². The van der Waals surface area contributed by atoms with Gasteiger partial charge in [0.2, 0.25) is 5.91 Å². The van der Waals surface area contributed by atoms with Crippen LogP contribution in [-0.4, -0.2) is 24.3 Å². The highest BCUT2D eigenvalue weighted by Crippen LogP contribution is 2.23. The van der Waals surface area contributed by atoms with Crippen molar-refractivity contribution in [1.29, 1.82) is 0 Å². The topological polar surface area (TPSA) is 78.5 Å². The largest absolute Gasteiger partial charge is 0.318 e. The molecular formula is C19H19N3O3. The quantitative estimate of drug-likeness (QED) is 0.845. The zero-order valence-corrected chi connectivity index (χ0v) is 13.9. The highest BCUT2D eigenvalue weighted by atomic mass is 16.2. The Labute approximate surface area is 145 Å². The van der Waals surface area contributed by atoms with Crippen LogP contribution in [0.4, 0.5) is 17.1 Å². The standard InChI is InChI=1S/C19H19N3O3/c1-13-4-6-14(7-5-13)20-18(24)19(25)21-15-8-10-16(11-9-15)22-12-2-3-17(22)23/h4-11H,2-3,12H2,1H3,(H,20,24)(H,21,25). The molecule has 1 aliphatic rings. The maximum absolute atomic E-state index is 12.0. The summed E-state index contributed by atoms with van der Waals surface area (Å²) in [4.78, 5) is 37.4. The van der Waals surface area contributed by atoms with Crippen LogP contribution in [-0.2, 0) is 14.4 Å². The van der Waals surface area contributed by atoms with Crippen LogP contribution in [0.15, 0.2) is 48.5 Å². The first kappa shape index (κ1) is 16.7. The smallest absolute Gasteiger partial charge is 0.314 e. The number of nitrogens with zero attached hydrogens (tertiary/aromatic N) is 1. The molecule has 25 heavy (non-hydrogen) atoms. The normalized spacial score (nSPS) is 13.6. The van der Waals surface area contributed by atoms with Gasteiger partial charge in [-0.05, 0) is 49.7 Å². The van der Waals surface area contributed by atoms with Crippen molar-refractivity contribution in [3.63, 3.8) is 0 Å². The number of hydrogen-bond donors (Lipinski definition) is 2. The molecule has 128 valence electrons. The number of carbonyl (C=O) groups is 3. The fraction of sp³-hybridized carbons (Fsp3) is 0.211. The molecule has 2 aromatic rings. The molecule has 0 unspecified atom stereocenters. The molecule has 2 aromatic carbocycles. The lowest BCUT2D eigenvalue weighted by molar-refractivity contribution is -0.132. The molecule has 3 rings (SSSR count). The molecule has 0 aromatic heterocycles. The molecule has 1 aliphatic heterocycles. The molecule has 1 heterocycles. The second-order valence-electron chi connectivity index (χ2n) is 5.97. The number of carbonyl (C=O) groups excluding carboxylic acids is 3. The Balaban J connectivity index is 1.59. The van der Waals surface area contributed by atoms with Crippen LogP contribution in [0.5, 0.6) is 0 Å². The van der Waals surface area contributed by atoms with E-state index in [0.29, 0.717) is 24.3 Å². The van der Waals surface area contributed by atoms with Crippen LogP contribution in [0.2, 0.25) is 0 Å². The number of amides is 3. The minimum absolute atomic E-state index is 0.106. The third kappa shape index (κ3) is 4.03. The first-order valence-electron chi connectivity index (χ1n) is 8.12. The predicted molar refractivity (Wildman–Crippen MR) is 96.5 cm³/mol. The number of rotatable bonds is 3. The Morgan fingerprint density at radius 1 is 0.880 bits per heavy atom. The number of nitrogens with one attached hydrogen (secondary N) is 2. The van der Waals surface area contributed by atoms with E-state index in [9.17, 15) is 14.4 Å². The Bertz CT molecular complexity index is 798. The van der Waals surface area contributed by atoms with E-state index < -0.39 is 11.8 Å². The summed E-state index contributed by atoms with van der Waals surface area (Å²) >= 11 is 0. The average molecular weight is 337 g/mol. The van der Waals surface area contributed by atoms with Crippen LogP contribution in [0.1, 0.15) is 18.4 Å². The van der Waals surface area contributed by atoms with Crippen molar-refractivity contribution < 1.29 is 14.4 Å². The van der Waals surface area contributed by atoms with E-state index in [4.69, 9.17) is 0 Å². The fourth-order valence-corrected chi connectivity index (χ4v) is 2.66. The van der Waals surface area contributed by atoms with Crippen molar-refractivity contribution in [3.8, 4) is 0 Å². The first-order chi connectivity index (χ1) is 12.0. The highest BCUT2D eigenvalue weighted by Gasteiger charge is 2.21. The number of hydrogen-bond acceptors (Lipinski definition) is 3. The van der Waals surface area contributed by atoms with Gasteiger partial charge in [-0.3, -0.25) is 14.4 Å². The Hall–Kier alpha value is -3.15. The molecule has 0 bridgehead atoms. The van der Waals surface area contributed by atoms with Gasteiger partial charge in [0.1, 0.15) is 0 Å². The number of benzene rings is 2. The van der Waals surface area contributed by atoms with E-state index in [-0.39, 0.29) is 5.91 Å². The molecule has 6 heteroatoms. The Morgan fingerprint density at radius 2 is 1.40 bits per heavy atom. The zero-order valence-electron chi connectivity index (χ0n) is 13.9. The summed E-state index contributed by atoms with van der Waals surface area (Å²) in [6.45, 7) is 2.65. The monoisotopic (exact) mass is 337 g/mol. The summed E-state index contributed by atoms with van der Waals surface area (Å²) in [7, 11) is 0. The SMILES string of the molecule is Cc1ccc(NC(=O)C(=O)Nc2ccc(N3CCCC3=O)cc2)cc1. The molecule has 2 N–H and O–H groups in total. The summed E-state index contributed by atoms with van der Waals surface area (Å²) < 4.78 is 0. The van der Waals surface area contributed by atoms with Crippen LogP contribution in [0, 0.1) is 6.92 Å². The van der Waals surface area contributed by atoms with Gasteiger partial charge >= 0.3 is 11.8 Å². The molecule has 1 fully saturated rings. The molecule has 0 radical (unpaired) electrons. The van der Waals surface area contributed by atoms with Crippen LogP contribution in [0.25, 0.3) is 0 Å². The lowest BCUT2D eigenvalue weighted by Crippen LogP contribution is -2.29. The summed E-state index contributed by atoms with van der Waals surface area (Å²) in [5, 5.41) is 5.10. The van der Waals surface area contributed by atoms with Crippen molar-refractivity contribution in [2.45, 2.75) is 19.8 Å². The summed E-state index contributed by atoms with van der Waals surface area (Å²) in [5.74, 6) is -1.37. The maximum Gasteiger partial charge on any atom is 0.314 e. The van der Waals surface area contributed by atoms with E-state index >= 15 is 0 Å². The maximum atomic E-state index is 12.0. The van der Waals surface area contributed by atoms with Gasteiger partial charge in [-0.15, -0.1) is 0 Å². The van der Waals surface area contributed by atoms with Gasteiger partial charge in [-0.1, -0.05) is 17.7 Å². The van der Waals surface area contributed by atoms with E-state index in [1.807, 2.05) is 19.1 Å². The molecule has 0 atom stereocenters. The lowest BCUT2D eigenvalue weighted by Gasteiger charge is -2.16. The van der Waals surface area contributed by atoms with E-state index in [0.717, 1.165) is 17.7 Å².